The van der Waals surface area contributed by atoms with E-state index in [0.29, 0.717) is 24.2 Å². The van der Waals surface area contributed by atoms with Crippen LogP contribution >= 0.6 is 0 Å². The number of alkyl halides is 4. The Morgan fingerprint density at radius 1 is 1.22 bits per heavy atom. The zero-order valence-electron chi connectivity index (χ0n) is 23.0. The summed E-state index contributed by atoms with van der Waals surface area (Å²) in [6.45, 7) is 6.60. The zero-order chi connectivity index (χ0) is 29.5. The van der Waals surface area contributed by atoms with E-state index in [4.69, 9.17) is 4.52 Å². The van der Waals surface area contributed by atoms with E-state index in [1.807, 2.05) is 32.7 Å². The maximum atomic E-state index is 14.7. The Morgan fingerprint density at radius 3 is 2.68 bits per heavy atom. The minimum absolute atomic E-state index is 0.0287. The van der Waals surface area contributed by atoms with E-state index in [-0.39, 0.29) is 47.1 Å². The van der Waals surface area contributed by atoms with Gasteiger partial charge in [0.15, 0.2) is 0 Å². The zero-order valence-corrected chi connectivity index (χ0v) is 23.0. The van der Waals surface area contributed by atoms with E-state index in [9.17, 15) is 22.4 Å². The van der Waals surface area contributed by atoms with Gasteiger partial charge >= 0.3 is 6.18 Å². The Morgan fingerprint density at radius 2 is 2.00 bits per heavy atom. The van der Waals surface area contributed by atoms with Crippen LogP contribution in [0.3, 0.4) is 0 Å². The van der Waals surface area contributed by atoms with Crippen LogP contribution in [-0.4, -0.2) is 79.0 Å². The molecule has 1 aliphatic heterocycles. The molecule has 0 radical (unpaired) electrons. The molecule has 1 aliphatic rings. The topological polar surface area (TPSA) is 119 Å². The molecule has 2 atom stereocenters. The van der Waals surface area contributed by atoms with Crippen molar-refractivity contribution in [3.8, 4) is 5.95 Å². The molecule has 1 aromatic carbocycles. The molecule has 41 heavy (non-hydrogen) atoms. The minimum atomic E-state index is -4.55. The molecule has 3 aromatic heterocycles. The Hall–Kier alpha value is -4.01. The number of anilines is 1. The van der Waals surface area contributed by atoms with Gasteiger partial charge in [0.1, 0.15) is 11.7 Å². The number of halogens is 4. The Bertz CT molecular complexity index is 1540. The van der Waals surface area contributed by atoms with Crippen LogP contribution in [0.15, 0.2) is 35.1 Å². The number of carbonyl (C=O) groups is 1. The smallest absolute Gasteiger partial charge is 0.377 e. The van der Waals surface area contributed by atoms with Gasteiger partial charge in [-0.1, -0.05) is 12.1 Å². The van der Waals surface area contributed by atoms with Crippen LogP contribution in [0.4, 0.5) is 23.2 Å². The van der Waals surface area contributed by atoms with Crippen molar-refractivity contribution in [2.45, 2.75) is 64.1 Å². The lowest BCUT2D eigenvalue weighted by Gasteiger charge is -2.33. The van der Waals surface area contributed by atoms with Crippen molar-refractivity contribution < 1.29 is 26.9 Å². The van der Waals surface area contributed by atoms with Crippen molar-refractivity contribution in [3.05, 3.63) is 47.7 Å². The Balaban J connectivity index is 1.40. The van der Waals surface area contributed by atoms with Crippen LogP contribution in [0, 0.1) is 0 Å². The second kappa shape index (κ2) is 10.8. The fraction of sp³-hybridized carbons (Fsp3) is 0.500. The molecule has 4 heterocycles. The van der Waals surface area contributed by atoms with Gasteiger partial charge in [0, 0.05) is 24.7 Å². The van der Waals surface area contributed by atoms with Gasteiger partial charge < -0.3 is 20.1 Å². The number of carbonyl (C=O) groups excluding carboxylic acids is 1. The van der Waals surface area contributed by atoms with Crippen molar-refractivity contribution >= 4 is 22.5 Å². The number of rotatable bonds is 7. The first kappa shape index (κ1) is 28.5. The fourth-order valence-corrected chi connectivity index (χ4v) is 4.69. The van der Waals surface area contributed by atoms with Crippen molar-refractivity contribution in [3.63, 3.8) is 0 Å². The quantitative estimate of drug-likeness (QED) is 0.318. The van der Waals surface area contributed by atoms with E-state index < -0.39 is 30.7 Å². The number of fused-ring (bicyclic) bond motifs is 1. The monoisotopic (exact) mass is 577 g/mol. The summed E-state index contributed by atoms with van der Waals surface area (Å²) in [6.07, 6.45) is -3.44. The molecule has 15 heteroatoms. The average Bonchev–Trinajstić information content (AvgIpc) is 3.63. The van der Waals surface area contributed by atoms with Crippen LogP contribution in [0.1, 0.15) is 49.1 Å². The molecule has 220 valence electrons. The van der Waals surface area contributed by atoms with E-state index in [2.05, 4.69) is 31.0 Å². The van der Waals surface area contributed by atoms with Crippen LogP contribution in [0.5, 0.6) is 0 Å². The van der Waals surface area contributed by atoms with Gasteiger partial charge in [-0.25, -0.2) is 4.39 Å². The molecule has 2 N–H and O–H groups in total. The third-order valence-corrected chi connectivity index (χ3v) is 6.83. The van der Waals surface area contributed by atoms with Gasteiger partial charge in [-0.15, -0.1) is 0 Å². The van der Waals surface area contributed by atoms with Crippen LogP contribution in [0.25, 0.3) is 16.9 Å². The highest BCUT2D eigenvalue weighted by molar-refractivity contribution is 5.94. The van der Waals surface area contributed by atoms with Crippen LogP contribution < -0.4 is 10.6 Å². The predicted octanol–water partition coefficient (Wildman–Crippen LogP) is 3.85. The summed E-state index contributed by atoms with van der Waals surface area (Å²) in [4.78, 5) is 18.6. The minimum Gasteiger partial charge on any atom is -0.377 e. The number of aromatic nitrogens is 6. The SMILES string of the molecule is CN1CC[C@@H](Nc2cccc3c(CC(F)(F)F)n(-c4noc(CNC(=O)c5cnn(C(C)(C)C)c5)n4)nc23)[C@@H](F)C1. The molecule has 0 aliphatic carbocycles. The first-order chi connectivity index (χ1) is 19.3. The number of nitrogens with zero attached hydrogens (tertiary/aromatic N) is 7. The lowest BCUT2D eigenvalue weighted by molar-refractivity contribution is -0.128. The Labute approximate surface area is 232 Å². The first-order valence-electron chi connectivity index (χ1n) is 13.1. The summed E-state index contributed by atoms with van der Waals surface area (Å²) in [6, 6.07) is 4.26. The van der Waals surface area contributed by atoms with Gasteiger partial charge in [0.25, 0.3) is 11.9 Å². The highest BCUT2D eigenvalue weighted by Crippen LogP contribution is 2.32. The molecule has 5 rings (SSSR count). The van der Waals surface area contributed by atoms with E-state index in [1.165, 1.54) is 12.3 Å². The van der Waals surface area contributed by atoms with Crippen LogP contribution in [-0.2, 0) is 18.5 Å². The van der Waals surface area contributed by atoms with Crippen molar-refractivity contribution in [2.75, 3.05) is 25.5 Å². The van der Waals surface area contributed by atoms with E-state index in [1.54, 1.807) is 23.0 Å². The highest BCUT2D eigenvalue weighted by Gasteiger charge is 2.34. The summed E-state index contributed by atoms with van der Waals surface area (Å²) in [7, 11) is 1.83. The maximum absolute atomic E-state index is 14.7. The number of piperidine rings is 1. The second-order valence-corrected chi connectivity index (χ2v) is 11.2. The Kier molecular flexibility index (Phi) is 7.48. The number of amides is 1. The molecule has 1 saturated heterocycles. The number of hydrogen-bond donors (Lipinski definition) is 2. The van der Waals surface area contributed by atoms with Gasteiger partial charge in [-0.05, 0) is 45.5 Å². The predicted molar refractivity (Wildman–Crippen MR) is 141 cm³/mol. The first-order valence-corrected chi connectivity index (χ1v) is 13.1. The lowest BCUT2D eigenvalue weighted by atomic mass is 10.0. The summed E-state index contributed by atoms with van der Waals surface area (Å²) < 4.78 is 63.4. The third-order valence-electron chi connectivity index (χ3n) is 6.83. The largest absolute Gasteiger partial charge is 0.394 e. The fourth-order valence-electron chi connectivity index (χ4n) is 4.69. The molecule has 1 fully saturated rings. The standard InChI is InChI=1S/C26H31F4N9O2/c1-25(2,3)38-13-15(11-32-38)23(40)31-12-21-34-24(36-41-21)39-20(10-26(28,29)30)16-6-5-7-19(22(16)35-39)33-18-8-9-37(4)14-17(18)27/h5-7,11,13,17-18,33H,8-10,12,14H2,1-4H3,(H,31,40)/t17-,18+/m0/s1. The third kappa shape index (κ3) is 6.34. The van der Waals surface area contributed by atoms with Crippen molar-refractivity contribution in [2.24, 2.45) is 0 Å². The molecule has 0 saturated carbocycles. The summed E-state index contributed by atoms with van der Waals surface area (Å²) >= 11 is 0. The second-order valence-electron chi connectivity index (χ2n) is 11.2. The van der Waals surface area contributed by atoms with Gasteiger partial charge in [-0.3, -0.25) is 9.48 Å². The average molecular weight is 578 g/mol. The molecule has 0 bridgehead atoms. The molecule has 0 spiro atoms. The summed E-state index contributed by atoms with van der Waals surface area (Å²) in [5.41, 5.74) is 0.465. The number of benzene rings is 1. The molecular formula is C26H31F4N9O2. The normalized spacial score (nSPS) is 18.6. The highest BCUT2D eigenvalue weighted by atomic mass is 19.4. The lowest BCUT2D eigenvalue weighted by Crippen LogP contribution is -2.46. The summed E-state index contributed by atoms with van der Waals surface area (Å²) in [5, 5.41) is 18.4. The molecule has 0 unspecified atom stereocenters. The van der Waals surface area contributed by atoms with Gasteiger partial charge in [0.2, 0.25) is 5.89 Å². The number of likely N-dealkylation sites (tertiary alicyclic amines) is 1. The number of hydrogen-bond acceptors (Lipinski definition) is 8. The summed E-state index contributed by atoms with van der Waals surface area (Å²) in [5.74, 6) is -0.684. The maximum Gasteiger partial charge on any atom is 0.394 e. The molecule has 11 nitrogen and oxygen atoms in total. The van der Waals surface area contributed by atoms with Crippen LogP contribution in [0.2, 0.25) is 0 Å². The van der Waals surface area contributed by atoms with Gasteiger partial charge in [0.05, 0.1) is 47.7 Å². The van der Waals surface area contributed by atoms with E-state index in [0.717, 1.165) is 4.68 Å². The van der Waals surface area contributed by atoms with E-state index >= 15 is 0 Å². The van der Waals surface area contributed by atoms with Gasteiger partial charge in [-0.2, -0.15) is 33.0 Å². The van der Waals surface area contributed by atoms with Crippen molar-refractivity contribution in [1.29, 1.82) is 0 Å². The molecular weight excluding hydrogens is 546 g/mol. The molecule has 4 aromatic rings. The number of nitrogens with one attached hydrogen (secondary N) is 2. The molecule has 1 amide bonds. The van der Waals surface area contributed by atoms with Crippen molar-refractivity contribution in [1.82, 2.24) is 39.9 Å².